The standard InChI is InChI=1S/C19H33N/c1-6-12-20-19(13-16(5)7-2)14-17-8-10-18(11-9-17)15(3)4/h8-11,15-16,19-20H,6-7,12-14H2,1-5H3. The highest BCUT2D eigenvalue weighted by molar-refractivity contribution is 5.25. The van der Waals surface area contributed by atoms with Crippen LogP contribution in [0.2, 0.25) is 0 Å². The van der Waals surface area contributed by atoms with Crippen LogP contribution in [-0.4, -0.2) is 12.6 Å². The maximum Gasteiger partial charge on any atom is 0.0110 e. The summed E-state index contributed by atoms with van der Waals surface area (Å²) in [5, 5.41) is 3.72. The first-order valence-electron chi connectivity index (χ1n) is 8.39. The van der Waals surface area contributed by atoms with E-state index in [0.717, 1.165) is 18.9 Å². The largest absolute Gasteiger partial charge is 0.314 e. The fraction of sp³-hybridized carbons (Fsp3) is 0.684. The van der Waals surface area contributed by atoms with Gasteiger partial charge in [-0.3, -0.25) is 0 Å². The third kappa shape index (κ3) is 6.09. The van der Waals surface area contributed by atoms with Crippen molar-refractivity contribution in [3.63, 3.8) is 0 Å². The second-order valence-corrected chi connectivity index (χ2v) is 6.50. The highest BCUT2D eigenvalue weighted by Crippen LogP contribution is 2.18. The molecule has 0 aromatic heterocycles. The van der Waals surface area contributed by atoms with E-state index in [9.17, 15) is 0 Å². The first kappa shape index (κ1) is 17.2. The van der Waals surface area contributed by atoms with Crippen LogP contribution in [0.25, 0.3) is 0 Å². The molecular formula is C19H33N. The molecule has 1 rings (SSSR count). The van der Waals surface area contributed by atoms with Gasteiger partial charge in [-0.1, -0.05) is 65.3 Å². The third-order valence-electron chi connectivity index (χ3n) is 4.20. The van der Waals surface area contributed by atoms with Crippen LogP contribution in [0, 0.1) is 5.92 Å². The first-order chi connectivity index (χ1) is 9.56. The molecule has 1 nitrogen and oxygen atoms in total. The van der Waals surface area contributed by atoms with Crippen molar-refractivity contribution in [2.24, 2.45) is 5.92 Å². The lowest BCUT2D eigenvalue weighted by atomic mass is 9.93. The first-order valence-corrected chi connectivity index (χ1v) is 8.39. The molecule has 20 heavy (non-hydrogen) atoms. The summed E-state index contributed by atoms with van der Waals surface area (Å²) in [6, 6.07) is 9.83. The van der Waals surface area contributed by atoms with Gasteiger partial charge in [-0.15, -0.1) is 0 Å². The van der Waals surface area contributed by atoms with Crippen LogP contribution < -0.4 is 5.32 Å². The zero-order valence-electron chi connectivity index (χ0n) is 14.1. The Hall–Kier alpha value is -0.820. The fourth-order valence-corrected chi connectivity index (χ4v) is 2.56. The minimum absolute atomic E-state index is 0.620. The second kappa shape index (κ2) is 9.18. The Balaban J connectivity index is 2.62. The zero-order chi connectivity index (χ0) is 15.0. The average molecular weight is 275 g/mol. The van der Waals surface area contributed by atoms with E-state index in [0.29, 0.717) is 12.0 Å². The van der Waals surface area contributed by atoms with Crippen LogP contribution in [0.4, 0.5) is 0 Å². The molecule has 0 aliphatic rings. The molecule has 0 radical (unpaired) electrons. The minimum atomic E-state index is 0.620. The maximum absolute atomic E-state index is 3.72. The van der Waals surface area contributed by atoms with Gasteiger partial charge in [0, 0.05) is 6.04 Å². The van der Waals surface area contributed by atoms with Gasteiger partial charge in [0.1, 0.15) is 0 Å². The Morgan fingerprint density at radius 1 is 1.00 bits per heavy atom. The quantitative estimate of drug-likeness (QED) is 0.656. The topological polar surface area (TPSA) is 12.0 Å². The molecule has 1 heteroatoms. The van der Waals surface area contributed by atoms with E-state index in [2.05, 4.69) is 64.2 Å². The monoisotopic (exact) mass is 275 g/mol. The lowest BCUT2D eigenvalue weighted by Crippen LogP contribution is -2.33. The van der Waals surface area contributed by atoms with Crippen LogP contribution in [0.15, 0.2) is 24.3 Å². The summed E-state index contributed by atoms with van der Waals surface area (Å²) in [5.74, 6) is 1.43. The van der Waals surface area contributed by atoms with Gasteiger partial charge >= 0.3 is 0 Å². The molecule has 0 heterocycles. The van der Waals surface area contributed by atoms with Crippen molar-refractivity contribution in [2.45, 2.75) is 72.3 Å². The maximum atomic E-state index is 3.72. The molecule has 0 fully saturated rings. The van der Waals surface area contributed by atoms with E-state index in [4.69, 9.17) is 0 Å². The van der Waals surface area contributed by atoms with Gasteiger partial charge in [-0.25, -0.2) is 0 Å². The van der Waals surface area contributed by atoms with Crippen molar-refractivity contribution in [1.82, 2.24) is 5.32 Å². The Kier molecular flexibility index (Phi) is 7.91. The second-order valence-electron chi connectivity index (χ2n) is 6.50. The summed E-state index contributed by atoms with van der Waals surface area (Å²) in [6.45, 7) is 12.5. The van der Waals surface area contributed by atoms with Gasteiger partial charge in [-0.05, 0) is 48.8 Å². The van der Waals surface area contributed by atoms with Gasteiger partial charge in [0.05, 0.1) is 0 Å². The number of nitrogens with one attached hydrogen (secondary N) is 1. The molecule has 114 valence electrons. The van der Waals surface area contributed by atoms with Crippen LogP contribution in [-0.2, 0) is 6.42 Å². The Bertz CT molecular complexity index is 353. The van der Waals surface area contributed by atoms with Crippen molar-refractivity contribution in [1.29, 1.82) is 0 Å². The van der Waals surface area contributed by atoms with Gasteiger partial charge in [0.15, 0.2) is 0 Å². The predicted octanol–water partition coefficient (Wildman–Crippen LogP) is 5.16. The highest BCUT2D eigenvalue weighted by Gasteiger charge is 2.12. The molecule has 0 aliphatic carbocycles. The summed E-state index contributed by atoms with van der Waals surface area (Å²) >= 11 is 0. The fourth-order valence-electron chi connectivity index (χ4n) is 2.56. The summed E-state index contributed by atoms with van der Waals surface area (Å²) in [4.78, 5) is 0. The van der Waals surface area contributed by atoms with E-state index < -0.39 is 0 Å². The van der Waals surface area contributed by atoms with Crippen molar-refractivity contribution >= 4 is 0 Å². The molecule has 0 bridgehead atoms. The number of benzene rings is 1. The molecular weight excluding hydrogens is 242 g/mol. The van der Waals surface area contributed by atoms with E-state index in [1.54, 1.807) is 0 Å². The summed E-state index contributed by atoms with van der Waals surface area (Å²) in [5.41, 5.74) is 2.90. The Labute approximate surface area is 126 Å². The molecule has 0 spiro atoms. The molecule has 0 aliphatic heterocycles. The average Bonchev–Trinajstić information content (AvgIpc) is 2.45. The molecule has 1 aromatic rings. The van der Waals surface area contributed by atoms with Gasteiger partial charge in [0.2, 0.25) is 0 Å². The Morgan fingerprint density at radius 2 is 1.65 bits per heavy atom. The van der Waals surface area contributed by atoms with Gasteiger partial charge in [0.25, 0.3) is 0 Å². The van der Waals surface area contributed by atoms with Crippen molar-refractivity contribution in [3.8, 4) is 0 Å². The number of hydrogen-bond donors (Lipinski definition) is 1. The van der Waals surface area contributed by atoms with Crippen LogP contribution in [0.1, 0.15) is 70.9 Å². The molecule has 1 aromatic carbocycles. The zero-order valence-corrected chi connectivity index (χ0v) is 14.1. The van der Waals surface area contributed by atoms with E-state index >= 15 is 0 Å². The summed E-state index contributed by atoms with van der Waals surface area (Å²) in [6.07, 6.45) is 4.92. The lowest BCUT2D eigenvalue weighted by molar-refractivity contribution is 0.391. The summed E-state index contributed by atoms with van der Waals surface area (Å²) < 4.78 is 0. The van der Waals surface area contributed by atoms with Gasteiger partial charge in [-0.2, -0.15) is 0 Å². The summed E-state index contributed by atoms with van der Waals surface area (Å²) in [7, 11) is 0. The smallest absolute Gasteiger partial charge is 0.0110 e. The molecule has 0 saturated carbocycles. The molecule has 2 atom stereocenters. The van der Waals surface area contributed by atoms with E-state index in [1.807, 2.05) is 0 Å². The van der Waals surface area contributed by atoms with Crippen molar-refractivity contribution < 1.29 is 0 Å². The SMILES string of the molecule is CCCNC(Cc1ccc(C(C)C)cc1)CC(C)CC. The van der Waals surface area contributed by atoms with E-state index in [-0.39, 0.29) is 0 Å². The molecule has 0 amide bonds. The normalized spacial score (nSPS) is 14.5. The van der Waals surface area contributed by atoms with Crippen LogP contribution >= 0.6 is 0 Å². The van der Waals surface area contributed by atoms with Crippen molar-refractivity contribution in [2.75, 3.05) is 6.54 Å². The van der Waals surface area contributed by atoms with Crippen LogP contribution in [0.3, 0.4) is 0 Å². The highest BCUT2D eigenvalue weighted by atomic mass is 14.9. The molecule has 0 saturated heterocycles. The van der Waals surface area contributed by atoms with Crippen LogP contribution in [0.5, 0.6) is 0 Å². The minimum Gasteiger partial charge on any atom is -0.314 e. The van der Waals surface area contributed by atoms with E-state index in [1.165, 1.54) is 30.4 Å². The number of rotatable bonds is 9. The Morgan fingerprint density at radius 3 is 2.15 bits per heavy atom. The predicted molar refractivity (Wildman–Crippen MR) is 90.4 cm³/mol. The molecule has 1 N–H and O–H groups in total. The van der Waals surface area contributed by atoms with Crippen molar-refractivity contribution in [3.05, 3.63) is 35.4 Å². The third-order valence-corrected chi connectivity index (χ3v) is 4.20. The van der Waals surface area contributed by atoms with Gasteiger partial charge < -0.3 is 5.32 Å². The lowest BCUT2D eigenvalue weighted by Gasteiger charge is -2.22. The number of hydrogen-bond acceptors (Lipinski definition) is 1. The molecule has 2 unspecified atom stereocenters.